The van der Waals surface area contributed by atoms with Gasteiger partial charge in [-0.15, -0.1) is 0 Å². The molecule has 1 aliphatic rings. The Kier molecular flexibility index (Phi) is 3.62. The molecule has 0 fully saturated rings. The molecule has 0 saturated carbocycles. The Morgan fingerprint density at radius 2 is 2.19 bits per heavy atom. The number of hydrazine groups is 1. The lowest BCUT2D eigenvalue weighted by molar-refractivity contribution is 0.292. The van der Waals surface area contributed by atoms with Gasteiger partial charge in [0.1, 0.15) is 0 Å². The SMILES string of the molecule is CCCC(C)C(NN)C1Cc2ccccc21. The summed E-state index contributed by atoms with van der Waals surface area (Å²) >= 11 is 0. The van der Waals surface area contributed by atoms with E-state index in [1.54, 1.807) is 0 Å². The summed E-state index contributed by atoms with van der Waals surface area (Å²) < 4.78 is 0. The topological polar surface area (TPSA) is 38.0 Å². The third-order valence-corrected chi connectivity index (χ3v) is 3.88. The molecule has 0 amide bonds. The third-order valence-electron chi connectivity index (χ3n) is 3.88. The van der Waals surface area contributed by atoms with Crippen molar-refractivity contribution in [1.82, 2.24) is 5.43 Å². The van der Waals surface area contributed by atoms with Gasteiger partial charge in [-0.1, -0.05) is 44.5 Å². The summed E-state index contributed by atoms with van der Waals surface area (Å²) in [4.78, 5) is 0. The molecule has 2 rings (SSSR count). The smallest absolute Gasteiger partial charge is 0.0308 e. The van der Waals surface area contributed by atoms with Gasteiger partial charge in [-0.25, -0.2) is 0 Å². The van der Waals surface area contributed by atoms with Crippen LogP contribution in [0.25, 0.3) is 0 Å². The van der Waals surface area contributed by atoms with Gasteiger partial charge < -0.3 is 0 Å². The van der Waals surface area contributed by atoms with Crippen LogP contribution < -0.4 is 11.3 Å². The van der Waals surface area contributed by atoms with Crippen molar-refractivity contribution in [3.8, 4) is 0 Å². The first-order chi connectivity index (χ1) is 7.77. The second-order valence-corrected chi connectivity index (χ2v) is 4.97. The van der Waals surface area contributed by atoms with Gasteiger partial charge in [0.25, 0.3) is 0 Å². The van der Waals surface area contributed by atoms with E-state index in [-0.39, 0.29) is 0 Å². The van der Waals surface area contributed by atoms with Gasteiger partial charge in [0, 0.05) is 12.0 Å². The molecule has 0 saturated heterocycles. The van der Waals surface area contributed by atoms with E-state index in [0.717, 1.165) is 0 Å². The highest BCUT2D eigenvalue weighted by molar-refractivity contribution is 5.41. The van der Waals surface area contributed by atoms with Gasteiger partial charge in [0.2, 0.25) is 0 Å². The van der Waals surface area contributed by atoms with E-state index in [9.17, 15) is 0 Å². The van der Waals surface area contributed by atoms with Crippen molar-refractivity contribution in [2.45, 2.75) is 45.1 Å². The minimum absolute atomic E-state index is 0.426. The number of rotatable bonds is 5. The average Bonchev–Trinajstić information content (AvgIpc) is 2.26. The van der Waals surface area contributed by atoms with Crippen molar-refractivity contribution in [3.05, 3.63) is 35.4 Å². The second-order valence-electron chi connectivity index (χ2n) is 4.97. The number of benzene rings is 1. The van der Waals surface area contributed by atoms with Gasteiger partial charge in [-0.3, -0.25) is 11.3 Å². The zero-order valence-corrected chi connectivity index (χ0v) is 10.2. The van der Waals surface area contributed by atoms with Crippen LogP contribution in [-0.2, 0) is 6.42 Å². The predicted molar refractivity (Wildman–Crippen MR) is 68.1 cm³/mol. The molecule has 0 aromatic heterocycles. The van der Waals surface area contributed by atoms with E-state index >= 15 is 0 Å². The number of nitrogens with two attached hydrogens (primary N) is 1. The van der Waals surface area contributed by atoms with Gasteiger partial charge >= 0.3 is 0 Å². The Morgan fingerprint density at radius 1 is 1.44 bits per heavy atom. The molecule has 0 spiro atoms. The highest BCUT2D eigenvalue weighted by Crippen LogP contribution is 2.39. The van der Waals surface area contributed by atoms with Gasteiger partial charge in [-0.2, -0.15) is 0 Å². The first kappa shape index (κ1) is 11.6. The monoisotopic (exact) mass is 218 g/mol. The molecule has 1 aromatic rings. The van der Waals surface area contributed by atoms with Crippen molar-refractivity contribution in [3.63, 3.8) is 0 Å². The number of fused-ring (bicyclic) bond motifs is 1. The molecular weight excluding hydrogens is 196 g/mol. The lowest BCUT2D eigenvalue weighted by Crippen LogP contribution is -2.47. The van der Waals surface area contributed by atoms with Crippen LogP contribution in [0.1, 0.15) is 43.7 Å². The Bertz CT molecular complexity index is 348. The molecule has 3 unspecified atom stereocenters. The van der Waals surface area contributed by atoms with E-state index in [4.69, 9.17) is 5.84 Å². The summed E-state index contributed by atoms with van der Waals surface area (Å²) in [5.74, 6) is 6.98. The summed E-state index contributed by atoms with van der Waals surface area (Å²) in [7, 11) is 0. The molecule has 3 atom stereocenters. The summed E-state index contributed by atoms with van der Waals surface area (Å²) in [6.07, 6.45) is 3.65. The van der Waals surface area contributed by atoms with Crippen LogP contribution in [-0.4, -0.2) is 6.04 Å². The normalized spacial score (nSPS) is 22.1. The van der Waals surface area contributed by atoms with Crippen LogP contribution >= 0.6 is 0 Å². The van der Waals surface area contributed by atoms with E-state index in [2.05, 4.69) is 43.5 Å². The lowest BCUT2D eigenvalue weighted by Gasteiger charge is -2.39. The van der Waals surface area contributed by atoms with Crippen LogP contribution in [0, 0.1) is 5.92 Å². The molecule has 0 radical (unpaired) electrons. The quantitative estimate of drug-likeness (QED) is 0.589. The molecule has 16 heavy (non-hydrogen) atoms. The van der Waals surface area contributed by atoms with Crippen molar-refractivity contribution >= 4 is 0 Å². The maximum atomic E-state index is 5.72. The largest absolute Gasteiger partial charge is 0.271 e. The van der Waals surface area contributed by atoms with Crippen LogP contribution in [0.3, 0.4) is 0 Å². The van der Waals surface area contributed by atoms with E-state index < -0.39 is 0 Å². The van der Waals surface area contributed by atoms with Crippen LogP contribution in [0.15, 0.2) is 24.3 Å². The Hall–Kier alpha value is -0.860. The van der Waals surface area contributed by atoms with E-state index in [0.29, 0.717) is 17.9 Å². The van der Waals surface area contributed by atoms with Crippen LogP contribution in [0.4, 0.5) is 0 Å². The van der Waals surface area contributed by atoms with Crippen LogP contribution in [0.5, 0.6) is 0 Å². The molecule has 2 nitrogen and oxygen atoms in total. The van der Waals surface area contributed by atoms with Gasteiger partial charge in [-0.05, 0) is 29.9 Å². The molecule has 88 valence electrons. The number of hydrogen-bond acceptors (Lipinski definition) is 2. The molecule has 1 aromatic carbocycles. The average molecular weight is 218 g/mol. The fraction of sp³-hybridized carbons (Fsp3) is 0.571. The molecule has 1 aliphatic carbocycles. The molecule has 0 aliphatic heterocycles. The number of nitrogens with one attached hydrogen (secondary N) is 1. The van der Waals surface area contributed by atoms with Crippen LogP contribution in [0.2, 0.25) is 0 Å². The molecular formula is C14H22N2. The highest BCUT2D eigenvalue weighted by atomic mass is 15.2. The summed E-state index contributed by atoms with van der Waals surface area (Å²) in [5, 5.41) is 0. The third kappa shape index (κ3) is 2.00. The van der Waals surface area contributed by atoms with Crippen molar-refractivity contribution in [2.24, 2.45) is 11.8 Å². The van der Waals surface area contributed by atoms with E-state index in [1.165, 1.54) is 30.4 Å². The van der Waals surface area contributed by atoms with Crippen molar-refractivity contribution in [1.29, 1.82) is 0 Å². The fourth-order valence-electron chi connectivity index (χ4n) is 2.93. The minimum atomic E-state index is 0.426. The van der Waals surface area contributed by atoms with Crippen molar-refractivity contribution < 1.29 is 0 Å². The summed E-state index contributed by atoms with van der Waals surface area (Å²) in [6, 6.07) is 9.14. The van der Waals surface area contributed by atoms with E-state index in [1.807, 2.05) is 0 Å². The zero-order valence-electron chi connectivity index (χ0n) is 10.2. The molecule has 2 heteroatoms. The summed E-state index contributed by atoms with van der Waals surface area (Å²) in [6.45, 7) is 4.54. The first-order valence-electron chi connectivity index (χ1n) is 6.31. The van der Waals surface area contributed by atoms with Crippen molar-refractivity contribution in [2.75, 3.05) is 0 Å². The Labute approximate surface area is 98.2 Å². The Morgan fingerprint density at radius 3 is 2.81 bits per heavy atom. The summed E-state index contributed by atoms with van der Waals surface area (Å²) in [5.41, 5.74) is 6.02. The predicted octanol–water partition coefficient (Wildman–Crippen LogP) is 2.59. The number of hydrogen-bond donors (Lipinski definition) is 2. The second kappa shape index (κ2) is 4.98. The Balaban J connectivity index is 2.08. The zero-order chi connectivity index (χ0) is 11.5. The minimum Gasteiger partial charge on any atom is -0.271 e. The maximum Gasteiger partial charge on any atom is 0.0308 e. The van der Waals surface area contributed by atoms with Gasteiger partial charge in [0.15, 0.2) is 0 Å². The maximum absolute atomic E-state index is 5.72. The lowest BCUT2D eigenvalue weighted by atomic mass is 9.70. The first-order valence-corrected chi connectivity index (χ1v) is 6.31. The highest BCUT2D eigenvalue weighted by Gasteiger charge is 2.34. The fourth-order valence-corrected chi connectivity index (χ4v) is 2.93. The van der Waals surface area contributed by atoms with Gasteiger partial charge in [0.05, 0.1) is 0 Å². The molecule has 0 heterocycles. The molecule has 0 bridgehead atoms. The molecule has 3 N–H and O–H groups in total. The standard InChI is InChI=1S/C14H22N2/c1-3-6-10(2)14(16-15)13-9-11-7-4-5-8-12(11)13/h4-5,7-8,10,13-14,16H,3,6,9,15H2,1-2H3.